The SMILES string of the molecule is CC(OC(=O)C=Cc1cccc2ccccc12)C(=O)Nc1ccccc1C(F)(F)F. The maximum atomic E-state index is 13.0. The maximum absolute atomic E-state index is 13.0. The van der Waals surface area contributed by atoms with Crippen LogP contribution in [0.1, 0.15) is 18.1 Å². The number of benzene rings is 3. The quantitative estimate of drug-likeness (QED) is 0.448. The van der Waals surface area contributed by atoms with E-state index in [1.54, 1.807) is 6.08 Å². The molecule has 3 aromatic rings. The van der Waals surface area contributed by atoms with Crippen LogP contribution in [0.3, 0.4) is 0 Å². The number of hydrogen-bond acceptors (Lipinski definition) is 3. The molecule has 4 nitrogen and oxygen atoms in total. The van der Waals surface area contributed by atoms with Crippen molar-refractivity contribution < 1.29 is 27.5 Å². The van der Waals surface area contributed by atoms with Crippen LogP contribution in [0, 0.1) is 0 Å². The molecule has 154 valence electrons. The van der Waals surface area contributed by atoms with Gasteiger partial charge in [-0.15, -0.1) is 0 Å². The molecule has 1 atom stereocenters. The van der Waals surface area contributed by atoms with Crippen LogP contribution in [-0.2, 0) is 20.5 Å². The van der Waals surface area contributed by atoms with Crippen LogP contribution in [0.5, 0.6) is 0 Å². The van der Waals surface area contributed by atoms with Crippen LogP contribution < -0.4 is 5.32 Å². The summed E-state index contributed by atoms with van der Waals surface area (Å²) in [6.45, 7) is 1.29. The molecule has 0 spiro atoms. The Morgan fingerprint density at radius 2 is 1.63 bits per heavy atom. The third-order valence-electron chi connectivity index (χ3n) is 4.37. The zero-order valence-electron chi connectivity index (χ0n) is 15.9. The molecule has 0 aliphatic rings. The summed E-state index contributed by atoms with van der Waals surface area (Å²) < 4.78 is 44.1. The molecule has 0 saturated carbocycles. The van der Waals surface area contributed by atoms with Crippen LogP contribution in [0.15, 0.2) is 72.8 Å². The average molecular weight is 413 g/mol. The number of rotatable bonds is 5. The smallest absolute Gasteiger partial charge is 0.418 e. The summed E-state index contributed by atoms with van der Waals surface area (Å²) >= 11 is 0. The average Bonchev–Trinajstić information content (AvgIpc) is 2.71. The Morgan fingerprint density at radius 3 is 2.40 bits per heavy atom. The third-order valence-corrected chi connectivity index (χ3v) is 4.37. The first-order chi connectivity index (χ1) is 14.3. The van der Waals surface area contributed by atoms with Crippen molar-refractivity contribution in [2.45, 2.75) is 19.2 Å². The molecule has 30 heavy (non-hydrogen) atoms. The van der Waals surface area contributed by atoms with Crippen molar-refractivity contribution in [3.05, 3.63) is 83.9 Å². The van der Waals surface area contributed by atoms with Gasteiger partial charge in [-0.3, -0.25) is 4.79 Å². The molecule has 1 amide bonds. The Labute approximate surface area is 171 Å². The Balaban J connectivity index is 1.66. The molecular formula is C23H18F3NO3. The summed E-state index contributed by atoms with van der Waals surface area (Å²) in [4.78, 5) is 24.3. The zero-order valence-corrected chi connectivity index (χ0v) is 15.9. The number of nitrogens with one attached hydrogen (secondary N) is 1. The molecular weight excluding hydrogens is 395 g/mol. The fourth-order valence-electron chi connectivity index (χ4n) is 2.89. The predicted octanol–water partition coefficient (Wildman–Crippen LogP) is 5.44. The van der Waals surface area contributed by atoms with Gasteiger partial charge in [0, 0.05) is 6.08 Å². The number of hydrogen-bond donors (Lipinski definition) is 1. The highest BCUT2D eigenvalue weighted by molar-refractivity contribution is 5.98. The standard InChI is InChI=1S/C23H18F3NO3/c1-15(22(29)27-20-12-5-4-11-19(20)23(24,25)26)30-21(28)14-13-17-9-6-8-16-7-2-3-10-18(16)17/h2-15H,1H3,(H,27,29). The zero-order chi connectivity index (χ0) is 21.7. The van der Waals surface area contributed by atoms with Crippen LogP contribution >= 0.6 is 0 Å². The second-order valence-corrected chi connectivity index (χ2v) is 6.51. The lowest BCUT2D eigenvalue weighted by Crippen LogP contribution is -2.30. The van der Waals surface area contributed by atoms with E-state index in [1.165, 1.54) is 25.1 Å². The van der Waals surface area contributed by atoms with E-state index in [9.17, 15) is 22.8 Å². The van der Waals surface area contributed by atoms with Crippen molar-refractivity contribution in [1.82, 2.24) is 0 Å². The molecule has 0 bridgehead atoms. The number of anilines is 1. The normalized spacial score (nSPS) is 12.7. The summed E-state index contributed by atoms with van der Waals surface area (Å²) in [6.07, 6.45) is -3.16. The number of carbonyl (C=O) groups excluding carboxylic acids is 2. The molecule has 0 saturated heterocycles. The highest BCUT2D eigenvalue weighted by Crippen LogP contribution is 2.34. The van der Waals surface area contributed by atoms with E-state index in [4.69, 9.17) is 4.74 Å². The molecule has 0 radical (unpaired) electrons. The van der Waals surface area contributed by atoms with Gasteiger partial charge < -0.3 is 10.1 Å². The minimum atomic E-state index is -4.62. The van der Waals surface area contributed by atoms with Gasteiger partial charge >= 0.3 is 12.1 Å². The van der Waals surface area contributed by atoms with E-state index in [-0.39, 0.29) is 0 Å². The number of halogens is 3. The van der Waals surface area contributed by atoms with E-state index < -0.39 is 35.4 Å². The number of alkyl halides is 3. The highest BCUT2D eigenvalue weighted by Gasteiger charge is 2.34. The number of fused-ring (bicyclic) bond motifs is 1. The van der Waals surface area contributed by atoms with Gasteiger partial charge in [0.1, 0.15) is 0 Å². The second-order valence-electron chi connectivity index (χ2n) is 6.51. The molecule has 7 heteroatoms. The topological polar surface area (TPSA) is 55.4 Å². The van der Waals surface area contributed by atoms with Gasteiger partial charge in [0.25, 0.3) is 5.91 Å². The van der Waals surface area contributed by atoms with Gasteiger partial charge in [-0.25, -0.2) is 4.79 Å². The number of esters is 1. The Kier molecular flexibility index (Phi) is 6.20. The lowest BCUT2D eigenvalue weighted by molar-refractivity contribution is -0.148. The minimum Gasteiger partial charge on any atom is -0.449 e. The first-order valence-electron chi connectivity index (χ1n) is 9.09. The van der Waals surface area contributed by atoms with Gasteiger partial charge in [-0.05, 0) is 41.5 Å². The predicted molar refractivity (Wildman–Crippen MR) is 109 cm³/mol. The van der Waals surface area contributed by atoms with Crippen molar-refractivity contribution in [3.63, 3.8) is 0 Å². The Morgan fingerprint density at radius 1 is 0.967 bits per heavy atom. The lowest BCUT2D eigenvalue weighted by atomic mass is 10.0. The fraction of sp³-hybridized carbons (Fsp3) is 0.130. The Hall–Kier alpha value is -3.61. The number of carbonyl (C=O) groups is 2. The third kappa shape index (κ3) is 5.05. The van der Waals surface area contributed by atoms with Gasteiger partial charge in [0.15, 0.2) is 6.10 Å². The highest BCUT2D eigenvalue weighted by atomic mass is 19.4. The van der Waals surface area contributed by atoms with Crippen LogP contribution in [0.2, 0.25) is 0 Å². The minimum absolute atomic E-state index is 0.399. The van der Waals surface area contributed by atoms with Gasteiger partial charge in [0.05, 0.1) is 11.3 Å². The second kappa shape index (κ2) is 8.82. The summed E-state index contributed by atoms with van der Waals surface area (Å²) in [7, 11) is 0. The van der Waals surface area contributed by atoms with E-state index in [1.807, 2.05) is 42.5 Å². The summed E-state index contributed by atoms with van der Waals surface area (Å²) in [5.41, 5.74) is -0.585. The number of ether oxygens (including phenoxy) is 1. The van der Waals surface area contributed by atoms with Gasteiger partial charge in [0.2, 0.25) is 0 Å². The first-order valence-corrected chi connectivity index (χ1v) is 9.09. The molecule has 3 rings (SSSR count). The molecule has 3 aromatic carbocycles. The van der Waals surface area contributed by atoms with E-state index in [0.29, 0.717) is 0 Å². The first kappa shape index (κ1) is 21.1. The van der Waals surface area contributed by atoms with E-state index >= 15 is 0 Å². The summed E-state index contributed by atoms with van der Waals surface area (Å²) in [6, 6.07) is 17.8. The maximum Gasteiger partial charge on any atom is 0.418 e. The molecule has 0 aliphatic heterocycles. The van der Waals surface area contributed by atoms with Gasteiger partial charge in [-0.2, -0.15) is 13.2 Å². The largest absolute Gasteiger partial charge is 0.449 e. The van der Waals surface area contributed by atoms with E-state index in [0.717, 1.165) is 28.5 Å². The molecule has 0 aliphatic carbocycles. The van der Waals surface area contributed by atoms with Crippen LogP contribution in [-0.4, -0.2) is 18.0 Å². The molecule has 0 aromatic heterocycles. The lowest BCUT2D eigenvalue weighted by Gasteiger charge is -2.16. The number of para-hydroxylation sites is 1. The Bertz CT molecular complexity index is 1100. The molecule has 1 N–H and O–H groups in total. The van der Waals surface area contributed by atoms with Gasteiger partial charge in [-0.1, -0.05) is 54.6 Å². The molecule has 0 heterocycles. The van der Waals surface area contributed by atoms with Crippen molar-refractivity contribution in [2.24, 2.45) is 0 Å². The summed E-state index contributed by atoms with van der Waals surface area (Å²) in [5, 5.41) is 4.11. The van der Waals surface area contributed by atoms with Crippen LogP contribution in [0.4, 0.5) is 18.9 Å². The van der Waals surface area contributed by atoms with E-state index in [2.05, 4.69) is 5.32 Å². The van der Waals surface area contributed by atoms with Crippen molar-refractivity contribution in [1.29, 1.82) is 0 Å². The van der Waals surface area contributed by atoms with Crippen molar-refractivity contribution in [2.75, 3.05) is 5.32 Å². The van der Waals surface area contributed by atoms with Crippen molar-refractivity contribution in [3.8, 4) is 0 Å². The molecule has 1 unspecified atom stereocenters. The molecule has 0 fully saturated rings. The van der Waals surface area contributed by atoms with Crippen LogP contribution in [0.25, 0.3) is 16.8 Å². The monoisotopic (exact) mass is 413 g/mol. The fourth-order valence-corrected chi connectivity index (χ4v) is 2.89. The number of amides is 1. The van der Waals surface area contributed by atoms with Crippen molar-refractivity contribution >= 4 is 34.4 Å². The summed E-state index contributed by atoms with van der Waals surface area (Å²) in [5.74, 6) is -1.65.